The summed E-state index contributed by atoms with van der Waals surface area (Å²) in [5.41, 5.74) is 1.81. The third-order valence-electron chi connectivity index (χ3n) is 3.50. The van der Waals surface area contributed by atoms with Gasteiger partial charge in [0.15, 0.2) is 0 Å². The fourth-order valence-electron chi connectivity index (χ4n) is 2.27. The fourth-order valence-corrected chi connectivity index (χ4v) is 3.17. The molecule has 8 heteroatoms. The number of thioether (sulfide) groups is 1. The molecule has 128 valence electrons. The van der Waals surface area contributed by atoms with Crippen LogP contribution in [0.2, 0.25) is 5.02 Å². The van der Waals surface area contributed by atoms with Crippen LogP contribution in [0, 0.1) is 0 Å². The fraction of sp³-hybridized carbons (Fsp3) is 0.176. The first-order chi connectivity index (χ1) is 12.1. The molecule has 1 N–H and O–H groups in total. The van der Waals surface area contributed by atoms with Crippen LogP contribution >= 0.6 is 23.4 Å². The summed E-state index contributed by atoms with van der Waals surface area (Å²) >= 11 is 7.27. The predicted molar refractivity (Wildman–Crippen MR) is 97.9 cm³/mol. The minimum absolute atomic E-state index is 0.0971. The van der Waals surface area contributed by atoms with E-state index in [0.717, 1.165) is 11.3 Å². The first-order valence-corrected chi connectivity index (χ1v) is 9.01. The second-order valence-corrected chi connectivity index (χ2v) is 6.72. The molecule has 6 nitrogen and oxygen atoms in total. The number of hydrogen-bond donors (Lipinski definition) is 1. The molecular weight excluding hydrogens is 358 g/mol. The summed E-state index contributed by atoms with van der Waals surface area (Å²) < 4.78 is 1.61. The number of carbonyl (C=O) groups excluding carboxylic acids is 1. The van der Waals surface area contributed by atoms with Crippen molar-refractivity contribution >= 4 is 29.3 Å². The number of nitrogens with zero attached hydrogens (tertiary/aromatic N) is 4. The van der Waals surface area contributed by atoms with Gasteiger partial charge in [0, 0.05) is 5.02 Å². The van der Waals surface area contributed by atoms with Crippen LogP contribution < -0.4 is 5.32 Å². The van der Waals surface area contributed by atoms with Crippen molar-refractivity contribution in [2.75, 3.05) is 5.75 Å². The Morgan fingerprint density at radius 1 is 1.24 bits per heavy atom. The highest BCUT2D eigenvalue weighted by Crippen LogP contribution is 2.20. The molecule has 0 fully saturated rings. The van der Waals surface area contributed by atoms with Gasteiger partial charge in [-0.1, -0.05) is 53.7 Å². The molecule has 0 saturated carbocycles. The number of halogens is 1. The minimum Gasteiger partial charge on any atom is -0.349 e. The second-order valence-electron chi connectivity index (χ2n) is 5.34. The molecule has 3 aromatic rings. The van der Waals surface area contributed by atoms with Crippen molar-refractivity contribution in [3.8, 4) is 5.69 Å². The van der Waals surface area contributed by atoms with E-state index in [4.69, 9.17) is 11.6 Å². The van der Waals surface area contributed by atoms with Gasteiger partial charge in [0.1, 0.15) is 0 Å². The second kappa shape index (κ2) is 8.13. The minimum atomic E-state index is -0.128. The maximum absolute atomic E-state index is 12.2. The molecule has 0 unspecified atom stereocenters. The third-order valence-corrected chi connectivity index (χ3v) is 4.65. The summed E-state index contributed by atoms with van der Waals surface area (Å²) in [6.45, 7) is 1.92. The normalized spacial score (nSPS) is 11.9. The van der Waals surface area contributed by atoms with E-state index in [1.54, 1.807) is 10.7 Å². The highest BCUT2D eigenvalue weighted by molar-refractivity contribution is 7.99. The van der Waals surface area contributed by atoms with Crippen LogP contribution in [0.25, 0.3) is 5.69 Å². The molecule has 2 aromatic carbocycles. The third kappa shape index (κ3) is 4.58. The van der Waals surface area contributed by atoms with Crippen molar-refractivity contribution in [3.63, 3.8) is 0 Å². The molecule has 1 aromatic heterocycles. The summed E-state index contributed by atoms with van der Waals surface area (Å²) in [6.07, 6.45) is 0. The van der Waals surface area contributed by atoms with Gasteiger partial charge in [-0.25, -0.2) is 0 Å². The van der Waals surface area contributed by atoms with Gasteiger partial charge in [-0.15, -0.1) is 5.10 Å². The van der Waals surface area contributed by atoms with Crippen LogP contribution in [0.4, 0.5) is 0 Å². The van der Waals surface area contributed by atoms with Gasteiger partial charge in [0.05, 0.1) is 17.5 Å². The standard InChI is InChI=1S/C17H16ClN5OS/c1-12(13-6-5-7-14(18)10-13)19-16(24)11-25-17-20-21-22-23(17)15-8-3-2-4-9-15/h2-10,12H,11H2,1H3,(H,19,24)/t12-/m0/s1. The molecule has 0 radical (unpaired) electrons. The Bertz CT molecular complexity index is 855. The number of tetrazole rings is 1. The Morgan fingerprint density at radius 3 is 2.80 bits per heavy atom. The van der Waals surface area contributed by atoms with Crippen molar-refractivity contribution in [2.45, 2.75) is 18.1 Å². The molecule has 0 bridgehead atoms. The Kier molecular flexibility index (Phi) is 5.67. The number of para-hydroxylation sites is 1. The molecule has 1 atom stereocenters. The van der Waals surface area contributed by atoms with Crippen LogP contribution in [0.3, 0.4) is 0 Å². The molecule has 0 aliphatic heterocycles. The van der Waals surface area contributed by atoms with E-state index in [1.165, 1.54) is 11.8 Å². The Labute approximate surface area is 154 Å². The SMILES string of the molecule is C[C@H](NC(=O)CSc1nnnn1-c1ccccc1)c1cccc(Cl)c1. The molecule has 0 aliphatic rings. The molecule has 0 spiro atoms. The lowest BCUT2D eigenvalue weighted by Crippen LogP contribution is -2.28. The van der Waals surface area contributed by atoms with E-state index in [9.17, 15) is 4.79 Å². The number of nitrogens with one attached hydrogen (secondary N) is 1. The van der Waals surface area contributed by atoms with E-state index in [0.29, 0.717) is 10.2 Å². The van der Waals surface area contributed by atoms with Gasteiger partial charge in [-0.3, -0.25) is 4.79 Å². The summed E-state index contributed by atoms with van der Waals surface area (Å²) in [5, 5.41) is 15.8. The van der Waals surface area contributed by atoms with Crippen molar-refractivity contribution in [1.82, 2.24) is 25.5 Å². The zero-order chi connectivity index (χ0) is 17.6. The number of aromatic nitrogens is 4. The number of rotatable bonds is 6. The van der Waals surface area contributed by atoms with Crippen LogP contribution in [0.1, 0.15) is 18.5 Å². The highest BCUT2D eigenvalue weighted by Gasteiger charge is 2.14. The summed E-state index contributed by atoms with van der Waals surface area (Å²) in [5.74, 6) is 0.123. The van der Waals surface area contributed by atoms with E-state index >= 15 is 0 Å². The van der Waals surface area contributed by atoms with Crippen molar-refractivity contribution in [1.29, 1.82) is 0 Å². The van der Waals surface area contributed by atoms with Crippen LogP contribution in [-0.4, -0.2) is 31.9 Å². The quantitative estimate of drug-likeness (QED) is 0.671. The lowest BCUT2D eigenvalue weighted by atomic mass is 10.1. The van der Waals surface area contributed by atoms with E-state index in [-0.39, 0.29) is 17.7 Å². The number of hydrogen-bond acceptors (Lipinski definition) is 5. The monoisotopic (exact) mass is 373 g/mol. The van der Waals surface area contributed by atoms with Crippen molar-refractivity contribution < 1.29 is 4.79 Å². The van der Waals surface area contributed by atoms with Gasteiger partial charge in [0.25, 0.3) is 0 Å². The van der Waals surface area contributed by atoms with E-state index in [1.807, 2.05) is 55.5 Å². The van der Waals surface area contributed by atoms with Crippen LogP contribution in [-0.2, 0) is 4.79 Å². The lowest BCUT2D eigenvalue weighted by Gasteiger charge is -2.14. The molecular formula is C17H16ClN5OS. The lowest BCUT2D eigenvalue weighted by molar-refractivity contribution is -0.119. The first-order valence-electron chi connectivity index (χ1n) is 7.65. The largest absolute Gasteiger partial charge is 0.349 e. The van der Waals surface area contributed by atoms with Crippen LogP contribution in [0.15, 0.2) is 59.8 Å². The Hall–Kier alpha value is -2.38. The smallest absolute Gasteiger partial charge is 0.230 e. The molecule has 0 aliphatic carbocycles. The van der Waals surface area contributed by atoms with E-state index in [2.05, 4.69) is 20.8 Å². The molecule has 1 amide bonds. The van der Waals surface area contributed by atoms with Gasteiger partial charge < -0.3 is 5.32 Å². The summed E-state index contributed by atoms with van der Waals surface area (Å²) in [4.78, 5) is 12.2. The predicted octanol–water partition coefficient (Wildman–Crippen LogP) is 3.29. The van der Waals surface area contributed by atoms with Gasteiger partial charge in [-0.2, -0.15) is 4.68 Å². The molecule has 0 saturated heterocycles. The molecule has 3 rings (SSSR count). The summed E-state index contributed by atoms with van der Waals surface area (Å²) in [7, 11) is 0. The van der Waals surface area contributed by atoms with Gasteiger partial charge >= 0.3 is 0 Å². The van der Waals surface area contributed by atoms with Crippen molar-refractivity contribution in [2.24, 2.45) is 0 Å². The van der Waals surface area contributed by atoms with Gasteiger partial charge in [0.2, 0.25) is 11.1 Å². The van der Waals surface area contributed by atoms with E-state index < -0.39 is 0 Å². The average molecular weight is 374 g/mol. The number of amides is 1. The van der Waals surface area contributed by atoms with Crippen molar-refractivity contribution in [3.05, 3.63) is 65.2 Å². The average Bonchev–Trinajstić information content (AvgIpc) is 3.09. The first kappa shape index (κ1) is 17.4. The topological polar surface area (TPSA) is 72.7 Å². The number of carbonyl (C=O) groups is 1. The number of benzene rings is 2. The highest BCUT2D eigenvalue weighted by atomic mass is 35.5. The summed E-state index contributed by atoms with van der Waals surface area (Å²) in [6, 6.07) is 16.9. The molecule has 25 heavy (non-hydrogen) atoms. The Morgan fingerprint density at radius 2 is 2.04 bits per heavy atom. The van der Waals surface area contributed by atoms with Gasteiger partial charge in [-0.05, 0) is 47.2 Å². The maximum atomic E-state index is 12.2. The maximum Gasteiger partial charge on any atom is 0.230 e. The molecule has 1 heterocycles. The zero-order valence-electron chi connectivity index (χ0n) is 13.5. The Balaban J connectivity index is 1.59. The van der Waals surface area contributed by atoms with Crippen LogP contribution in [0.5, 0.6) is 0 Å². The zero-order valence-corrected chi connectivity index (χ0v) is 15.0.